The quantitative estimate of drug-likeness (QED) is 0.138. The van der Waals surface area contributed by atoms with Crippen LogP contribution in [0, 0.1) is 0 Å². The fraction of sp³-hybridized carbons (Fsp3) is 0.882. The van der Waals surface area contributed by atoms with Gasteiger partial charge in [-0.15, -0.1) is 0 Å². The van der Waals surface area contributed by atoms with E-state index in [9.17, 15) is 5.11 Å². The molecule has 132 valence electrons. The molecule has 0 aromatic carbocycles. The summed E-state index contributed by atoms with van der Waals surface area (Å²) in [5.41, 5.74) is 1.93. The third kappa shape index (κ3) is 7.48. The number of allylic oxidation sites excluding steroid dienone is 1. The molecule has 0 aliphatic heterocycles. The van der Waals surface area contributed by atoms with Crippen molar-refractivity contribution in [3.05, 3.63) is 9.66 Å². The monoisotopic (exact) mass is 552 g/mol. The van der Waals surface area contributed by atoms with Crippen molar-refractivity contribution in [2.75, 3.05) is 11.0 Å². The molecule has 2 nitrogen and oxygen atoms in total. The largest absolute Gasteiger partial charge is 0.416 e. The first kappa shape index (κ1) is 23.3. The van der Waals surface area contributed by atoms with Crippen molar-refractivity contribution >= 4 is 53.5 Å². The average molecular weight is 552 g/mol. The first-order valence-electron chi connectivity index (χ1n) is 8.42. The van der Waals surface area contributed by atoms with Gasteiger partial charge in [0.2, 0.25) is 0 Å². The second-order valence-corrected chi connectivity index (χ2v) is 14.6. The van der Waals surface area contributed by atoms with Gasteiger partial charge in [-0.25, -0.2) is 0 Å². The molecule has 0 amide bonds. The Bertz CT molecular complexity index is 309. The van der Waals surface area contributed by atoms with E-state index in [2.05, 4.69) is 86.7 Å². The van der Waals surface area contributed by atoms with Gasteiger partial charge in [0, 0.05) is 11.0 Å². The molecular formula is C17H34I2O2Si. The van der Waals surface area contributed by atoms with Crippen LogP contribution in [0.15, 0.2) is 9.66 Å². The van der Waals surface area contributed by atoms with E-state index in [1.807, 2.05) is 6.08 Å². The standard InChI is InChI=1S/C17H34I2O2Si/c1-13(2)22(14(3)4,15(5)6)21-10-8-7-9-17(20)11-16(19)12-18/h11,13-15,17,20H,7-10,12H2,1-6H3/b16-11+. The lowest BCUT2D eigenvalue weighted by Crippen LogP contribution is -2.47. The van der Waals surface area contributed by atoms with Crippen molar-refractivity contribution in [3.63, 3.8) is 0 Å². The van der Waals surface area contributed by atoms with Crippen LogP contribution in [-0.2, 0) is 4.43 Å². The number of halogens is 2. The van der Waals surface area contributed by atoms with E-state index >= 15 is 0 Å². The lowest BCUT2D eigenvalue weighted by molar-refractivity contribution is 0.200. The number of aliphatic hydroxyl groups excluding tert-OH is 1. The maximum Gasteiger partial charge on any atom is 0.200 e. The van der Waals surface area contributed by atoms with Gasteiger partial charge in [-0.3, -0.25) is 0 Å². The van der Waals surface area contributed by atoms with Crippen LogP contribution in [0.1, 0.15) is 60.8 Å². The van der Waals surface area contributed by atoms with Crippen LogP contribution >= 0.6 is 45.2 Å². The molecule has 22 heavy (non-hydrogen) atoms. The summed E-state index contributed by atoms with van der Waals surface area (Å²) in [6.45, 7) is 14.8. The van der Waals surface area contributed by atoms with Crippen molar-refractivity contribution < 1.29 is 9.53 Å². The summed E-state index contributed by atoms with van der Waals surface area (Å²) in [5, 5.41) is 9.96. The Labute approximate surface area is 166 Å². The number of alkyl halides is 1. The minimum Gasteiger partial charge on any atom is -0.416 e. The zero-order valence-corrected chi connectivity index (χ0v) is 20.3. The van der Waals surface area contributed by atoms with Crippen LogP contribution in [0.2, 0.25) is 16.6 Å². The molecule has 0 aromatic rings. The fourth-order valence-electron chi connectivity index (χ4n) is 3.54. The first-order valence-corrected chi connectivity index (χ1v) is 13.2. The number of unbranched alkanes of at least 4 members (excludes halogenated alkanes) is 1. The minimum absolute atomic E-state index is 0.302. The third-order valence-corrected chi connectivity index (χ3v) is 13.6. The predicted octanol–water partition coefficient (Wildman–Crippen LogP) is 6.46. The summed E-state index contributed by atoms with van der Waals surface area (Å²) in [4.78, 5) is 0. The van der Waals surface area contributed by atoms with Crippen LogP contribution in [0.25, 0.3) is 0 Å². The Morgan fingerprint density at radius 3 is 1.95 bits per heavy atom. The molecular weight excluding hydrogens is 518 g/mol. The van der Waals surface area contributed by atoms with Gasteiger partial charge in [0.05, 0.1) is 6.10 Å². The Balaban J connectivity index is 4.32. The first-order chi connectivity index (χ1) is 10.2. The van der Waals surface area contributed by atoms with Crippen molar-refractivity contribution in [1.29, 1.82) is 0 Å². The number of aliphatic hydroxyl groups is 1. The van der Waals surface area contributed by atoms with E-state index in [-0.39, 0.29) is 6.10 Å². The predicted molar refractivity (Wildman–Crippen MR) is 118 cm³/mol. The topological polar surface area (TPSA) is 29.5 Å². The summed E-state index contributed by atoms with van der Waals surface area (Å²) in [6.07, 6.45) is 4.59. The van der Waals surface area contributed by atoms with E-state index in [1.54, 1.807) is 0 Å². The normalized spacial score (nSPS) is 15.2. The van der Waals surface area contributed by atoms with Crippen molar-refractivity contribution in [1.82, 2.24) is 0 Å². The van der Waals surface area contributed by atoms with E-state index < -0.39 is 8.32 Å². The summed E-state index contributed by atoms with van der Waals surface area (Å²) < 4.78 is 8.74. The van der Waals surface area contributed by atoms with Gasteiger partial charge in [-0.05, 0) is 68.1 Å². The maximum absolute atomic E-state index is 9.96. The Morgan fingerprint density at radius 1 is 1.05 bits per heavy atom. The second-order valence-electron chi connectivity index (χ2n) is 6.98. The van der Waals surface area contributed by atoms with Crippen LogP contribution < -0.4 is 0 Å². The smallest absolute Gasteiger partial charge is 0.200 e. The summed E-state index contributed by atoms with van der Waals surface area (Å²) >= 11 is 4.62. The summed E-state index contributed by atoms with van der Waals surface area (Å²) in [5.74, 6) is 0. The molecule has 0 aliphatic carbocycles. The second kappa shape index (κ2) is 11.8. The van der Waals surface area contributed by atoms with Crippen LogP contribution in [0.4, 0.5) is 0 Å². The Hall–Kier alpha value is 1.34. The van der Waals surface area contributed by atoms with E-state index in [0.717, 1.165) is 30.3 Å². The number of rotatable bonds is 11. The molecule has 1 N–H and O–H groups in total. The average Bonchev–Trinajstić information content (AvgIpc) is 2.41. The highest BCUT2D eigenvalue weighted by Crippen LogP contribution is 2.42. The summed E-state index contributed by atoms with van der Waals surface area (Å²) in [6, 6.07) is 0. The van der Waals surface area contributed by atoms with Gasteiger partial charge in [-0.2, -0.15) is 0 Å². The highest BCUT2D eigenvalue weighted by molar-refractivity contribution is 14.1. The van der Waals surface area contributed by atoms with Crippen LogP contribution in [0.3, 0.4) is 0 Å². The van der Waals surface area contributed by atoms with Crippen LogP contribution in [-0.4, -0.2) is 30.6 Å². The van der Waals surface area contributed by atoms with Gasteiger partial charge < -0.3 is 9.53 Å². The molecule has 0 heterocycles. The van der Waals surface area contributed by atoms with Crippen molar-refractivity contribution in [3.8, 4) is 0 Å². The molecule has 0 radical (unpaired) electrons. The zero-order chi connectivity index (χ0) is 17.3. The van der Waals surface area contributed by atoms with Gasteiger partial charge in [0.15, 0.2) is 8.32 Å². The van der Waals surface area contributed by atoms with Gasteiger partial charge in [0.1, 0.15) is 0 Å². The highest BCUT2D eigenvalue weighted by atomic mass is 127. The molecule has 1 atom stereocenters. The summed E-state index contributed by atoms with van der Waals surface area (Å²) in [7, 11) is -1.71. The molecule has 0 saturated carbocycles. The van der Waals surface area contributed by atoms with Crippen LogP contribution in [0.5, 0.6) is 0 Å². The third-order valence-electron chi connectivity index (χ3n) is 4.45. The maximum atomic E-state index is 9.96. The minimum atomic E-state index is -1.71. The van der Waals surface area contributed by atoms with E-state index in [4.69, 9.17) is 4.43 Å². The molecule has 0 aromatic heterocycles. The lowest BCUT2D eigenvalue weighted by atomic mass is 10.1. The fourth-order valence-corrected chi connectivity index (χ4v) is 9.71. The SMILES string of the molecule is CC(C)[Si](OCCCCC(O)/C=C(/I)CI)(C(C)C)C(C)C. The van der Waals surface area contributed by atoms with Gasteiger partial charge in [-0.1, -0.05) is 64.1 Å². The Kier molecular flexibility index (Phi) is 12.5. The van der Waals surface area contributed by atoms with Gasteiger partial charge >= 0.3 is 0 Å². The molecule has 0 spiro atoms. The van der Waals surface area contributed by atoms with Gasteiger partial charge in [0.25, 0.3) is 0 Å². The molecule has 0 bridgehead atoms. The molecule has 0 fully saturated rings. The molecule has 0 aliphatic rings. The molecule has 1 unspecified atom stereocenters. The Morgan fingerprint density at radius 2 is 1.55 bits per heavy atom. The molecule has 0 rings (SSSR count). The van der Waals surface area contributed by atoms with E-state index in [0.29, 0.717) is 16.6 Å². The van der Waals surface area contributed by atoms with Crippen molar-refractivity contribution in [2.45, 2.75) is 83.5 Å². The molecule has 5 heteroatoms. The highest BCUT2D eigenvalue weighted by Gasteiger charge is 2.44. The number of hydrogen-bond acceptors (Lipinski definition) is 2. The zero-order valence-electron chi connectivity index (χ0n) is 15.0. The lowest BCUT2D eigenvalue weighted by Gasteiger charge is -2.42. The molecule has 0 saturated heterocycles. The van der Waals surface area contributed by atoms with E-state index in [1.165, 1.54) is 3.58 Å². The van der Waals surface area contributed by atoms with Crippen molar-refractivity contribution in [2.24, 2.45) is 0 Å². The number of hydrogen-bond donors (Lipinski definition) is 1.